The average molecular weight is 229 g/mol. The number of methoxy groups -OCH3 is 1. The van der Waals surface area contributed by atoms with E-state index in [4.69, 9.17) is 5.11 Å². The lowest BCUT2D eigenvalue weighted by molar-refractivity contribution is -0.159. The summed E-state index contributed by atoms with van der Waals surface area (Å²) in [6, 6.07) is -1.36. The first kappa shape index (κ1) is 12.2. The van der Waals surface area contributed by atoms with E-state index in [-0.39, 0.29) is 12.8 Å². The van der Waals surface area contributed by atoms with E-state index in [0.717, 1.165) is 7.11 Å². The zero-order chi connectivity index (χ0) is 12.3. The Kier molecular flexibility index (Phi) is 3.60. The highest BCUT2D eigenvalue weighted by Gasteiger charge is 2.40. The van der Waals surface area contributed by atoms with Crippen LogP contribution in [0.15, 0.2) is 0 Å². The van der Waals surface area contributed by atoms with E-state index < -0.39 is 36.2 Å². The van der Waals surface area contributed by atoms with Crippen molar-refractivity contribution < 1.29 is 29.0 Å². The Morgan fingerprint density at radius 2 is 1.88 bits per heavy atom. The Balaban J connectivity index is 2.91. The first-order chi connectivity index (χ1) is 7.47. The smallest absolute Gasteiger partial charge is 0.329 e. The van der Waals surface area contributed by atoms with Gasteiger partial charge in [-0.2, -0.15) is 0 Å². The Morgan fingerprint density at radius 3 is 2.25 bits per heavy atom. The number of hydrogen-bond acceptors (Lipinski definition) is 5. The van der Waals surface area contributed by atoms with Crippen molar-refractivity contribution in [3.05, 3.63) is 0 Å². The van der Waals surface area contributed by atoms with Crippen molar-refractivity contribution in [2.45, 2.75) is 25.3 Å². The van der Waals surface area contributed by atoms with Crippen LogP contribution in [-0.2, 0) is 23.9 Å². The number of carboxylic acid groups (broad SMARTS) is 1. The van der Waals surface area contributed by atoms with Gasteiger partial charge in [0, 0.05) is 12.8 Å². The maximum Gasteiger partial charge on any atom is 0.329 e. The minimum absolute atomic E-state index is 0.00590. The normalized spacial score (nSPS) is 17.4. The van der Waals surface area contributed by atoms with Gasteiger partial charge in [0.25, 0.3) is 0 Å². The van der Waals surface area contributed by atoms with Crippen molar-refractivity contribution in [3.8, 4) is 0 Å². The Hall–Kier alpha value is -1.92. The summed E-state index contributed by atoms with van der Waals surface area (Å²) in [7, 11) is 1.07. The van der Waals surface area contributed by atoms with Crippen molar-refractivity contribution >= 4 is 23.8 Å². The summed E-state index contributed by atoms with van der Waals surface area (Å²) in [5.74, 6) is -3.25. The highest BCUT2D eigenvalue weighted by atomic mass is 16.5. The SMILES string of the molecule is COC(=O)C(CC(=O)O)N1C(=O)CCC1=O. The molecule has 1 aliphatic heterocycles. The zero-order valence-corrected chi connectivity index (χ0v) is 8.63. The summed E-state index contributed by atoms with van der Waals surface area (Å²) in [4.78, 5) is 45.2. The first-order valence-electron chi connectivity index (χ1n) is 4.62. The summed E-state index contributed by atoms with van der Waals surface area (Å²) in [6.07, 6.45) is -0.623. The van der Waals surface area contributed by atoms with E-state index in [1.54, 1.807) is 0 Å². The molecule has 16 heavy (non-hydrogen) atoms. The molecule has 0 bridgehead atoms. The Morgan fingerprint density at radius 1 is 1.38 bits per heavy atom. The summed E-state index contributed by atoms with van der Waals surface area (Å²) in [6.45, 7) is 0. The van der Waals surface area contributed by atoms with Gasteiger partial charge in [-0.3, -0.25) is 19.3 Å². The van der Waals surface area contributed by atoms with Crippen LogP contribution in [0.25, 0.3) is 0 Å². The van der Waals surface area contributed by atoms with E-state index in [1.165, 1.54) is 0 Å². The molecule has 1 fully saturated rings. The number of carboxylic acids is 1. The quantitative estimate of drug-likeness (QED) is 0.497. The minimum atomic E-state index is -1.36. The molecular weight excluding hydrogens is 218 g/mol. The molecule has 0 saturated carbocycles. The molecule has 0 aromatic heterocycles. The van der Waals surface area contributed by atoms with Crippen LogP contribution in [0.5, 0.6) is 0 Å². The van der Waals surface area contributed by atoms with Crippen LogP contribution in [0.2, 0.25) is 0 Å². The molecule has 1 saturated heterocycles. The van der Waals surface area contributed by atoms with Crippen molar-refractivity contribution in [3.63, 3.8) is 0 Å². The van der Waals surface area contributed by atoms with Gasteiger partial charge >= 0.3 is 11.9 Å². The number of ether oxygens (including phenoxy) is 1. The van der Waals surface area contributed by atoms with Gasteiger partial charge in [-0.25, -0.2) is 4.79 Å². The van der Waals surface area contributed by atoms with E-state index in [9.17, 15) is 19.2 Å². The number of aliphatic carboxylic acids is 1. The lowest BCUT2D eigenvalue weighted by Crippen LogP contribution is -2.46. The molecule has 0 radical (unpaired) electrons. The molecular formula is C9H11NO6. The molecule has 0 aromatic rings. The standard InChI is InChI=1S/C9H11NO6/c1-16-9(15)5(4-8(13)14)10-6(11)2-3-7(10)12/h5H,2-4H2,1H3,(H,13,14). The number of carbonyl (C=O) groups excluding carboxylic acids is 3. The number of rotatable bonds is 4. The maximum absolute atomic E-state index is 11.3. The van der Waals surface area contributed by atoms with Gasteiger partial charge in [-0.05, 0) is 0 Å². The number of carbonyl (C=O) groups is 4. The van der Waals surface area contributed by atoms with Crippen LogP contribution in [0.3, 0.4) is 0 Å². The molecule has 88 valence electrons. The topological polar surface area (TPSA) is 101 Å². The summed E-state index contributed by atoms with van der Waals surface area (Å²) in [5.41, 5.74) is 0. The molecule has 1 atom stereocenters. The van der Waals surface area contributed by atoms with Gasteiger partial charge in [0.05, 0.1) is 13.5 Å². The number of amides is 2. The predicted octanol–water partition coefficient (Wildman–Crippen LogP) is -0.848. The molecule has 1 rings (SSSR count). The number of hydrogen-bond donors (Lipinski definition) is 1. The number of likely N-dealkylation sites (tertiary alicyclic amines) is 1. The number of nitrogens with zero attached hydrogens (tertiary/aromatic N) is 1. The second-order valence-corrected chi connectivity index (χ2v) is 3.29. The van der Waals surface area contributed by atoms with Crippen LogP contribution in [-0.4, -0.2) is 46.9 Å². The fourth-order valence-corrected chi connectivity index (χ4v) is 1.52. The van der Waals surface area contributed by atoms with Gasteiger partial charge in [-0.1, -0.05) is 0 Å². The van der Waals surface area contributed by atoms with Gasteiger partial charge in [0.15, 0.2) is 0 Å². The highest BCUT2D eigenvalue weighted by Crippen LogP contribution is 2.18. The van der Waals surface area contributed by atoms with Crippen LogP contribution < -0.4 is 0 Å². The molecule has 0 aromatic carbocycles. The van der Waals surface area contributed by atoms with Crippen molar-refractivity contribution in [2.24, 2.45) is 0 Å². The third kappa shape index (κ3) is 2.36. The average Bonchev–Trinajstić information content (AvgIpc) is 2.54. The van der Waals surface area contributed by atoms with Crippen molar-refractivity contribution in [1.29, 1.82) is 0 Å². The van der Waals surface area contributed by atoms with Crippen LogP contribution in [0.1, 0.15) is 19.3 Å². The molecule has 1 unspecified atom stereocenters. The summed E-state index contributed by atoms with van der Waals surface area (Å²) in [5, 5.41) is 8.60. The molecule has 7 heteroatoms. The molecule has 1 aliphatic rings. The van der Waals surface area contributed by atoms with Crippen LogP contribution >= 0.6 is 0 Å². The third-order valence-electron chi connectivity index (χ3n) is 2.24. The fraction of sp³-hybridized carbons (Fsp3) is 0.556. The minimum Gasteiger partial charge on any atom is -0.481 e. The van der Waals surface area contributed by atoms with E-state index >= 15 is 0 Å². The largest absolute Gasteiger partial charge is 0.481 e. The molecule has 0 spiro atoms. The van der Waals surface area contributed by atoms with Crippen molar-refractivity contribution in [1.82, 2.24) is 4.90 Å². The molecule has 1 N–H and O–H groups in total. The first-order valence-corrected chi connectivity index (χ1v) is 4.62. The van der Waals surface area contributed by atoms with Crippen LogP contribution in [0, 0.1) is 0 Å². The van der Waals surface area contributed by atoms with E-state index in [2.05, 4.69) is 4.74 Å². The van der Waals surface area contributed by atoms with Gasteiger partial charge in [0.2, 0.25) is 11.8 Å². The fourth-order valence-electron chi connectivity index (χ4n) is 1.52. The highest BCUT2D eigenvalue weighted by molar-refractivity contribution is 6.05. The monoisotopic (exact) mass is 229 g/mol. The molecule has 0 aliphatic carbocycles. The Labute approximate surface area is 91.0 Å². The third-order valence-corrected chi connectivity index (χ3v) is 2.24. The summed E-state index contributed by atoms with van der Waals surface area (Å²) < 4.78 is 4.37. The second-order valence-electron chi connectivity index (χ2n) is 3.29. The maximum atomic E-state index is 11.3. The van der Waals surface area contributed by atoms with Crippen LogP contribution in [0.4, 0.5) is 0 Å². The number of imide groups is 1. The lowest BCUT2D eigenvalue weighted by atomic mass is 10.2. The van der Waals surface area contributed by atoms with E-state index in [1.807, 2.05) is 0 Å². The van der Waals surface area contributed by atoms with Crippen molar-refractivity contribution in [2.75, 3.05) is 7.11 Å². The Bertz CT molecular complexity index is 334. The predicted molar refractivity (Wildman–Crippen MR) is 49.1 cm³/mol. The molecule has 1 heterocycles. The lowest BCUT2D eigenvalue weighted by Gasteiger charge is -2.22. The van der Waals surface area contributed by atoms with Gasteiger partial charge in [0.1, 0.15) is 6.04 Å². The number of esters is 1. The van der Waals surface area contributed by atoms with E-state index in [0.29, 0.717) is 4.90 Å². The van der Waals surface area contributed by atoms with Gasteiger partial charge < -0.3 is 9.84 Å². The zero-order valence-electron chi connectivity index (χ0n) is 8.63. The summed E-state index contributed by atoms with van der Waals surface area (Å²) >= 11 is 0. The molecule has 7 nitrogen and oxygen atoms in total. The molecule has 2 amide bonds. The second kappa shape index (κ2) is 4.73. The van der Waals surface area contributed by atoms with Gasteiger partial charge in [-0.15, -0.1) is 0 Å².